The van der Waals surface area contributed by atoms with Crippen LogP contribution in [-0.2, 0) is 23.9 Å². The molecule has 0 saturated heterocycles. The van der Waals surface area contributed by atoms with Crippen LogP contribution in [0.25, 0.3) is 22.1 Å². The SMILES string of the molecule is C.CSc1ncc2cc(Oc3ccc(F)cc3F)c(=O)n(C)c2n1.ClCCl.Cn1c(=O)c(Oc2ccc(F)cc2F)cc2cnc(S(C)(=O)=O)nc21. The van der Waals surface area contributed by atoms with Gasteiger partial charge in [0.25, 0.3) is 11.1 Å². The lowest BCUT2D eigenvalue weighted by atomic mass is 10.3. The summed E-state index contributed by atoms with van der Waals surface area (Å²) in [5.41, 5.74) is -0.630. The number of ether oxygens (including phenoxy) is 2. The first-order chi connectivity index (χ1) is 24.1. The molecule has 0 spiro atoms. The number of sulfone groups is 1. The molecule has 276 valence electrons. The zero-order valence-electron chi connectivity index (χ0n) is 26.7. The summed E-state index contributed by atoms with van der Waals surface area (Å²) >= 11 is 10.9. The molecule has 0 radical (unpaired) electrons. The van der Waals surface area contributed by atoms with Crippen LogP contribution in [0.2, 0.25) is 0 Å². The first-order valence-electron chi connectivity index (χ1n) is 13.9. The average Bonchev–Trinajstić information content (AvgIpc) is 3.08. The van der Waals surface area contributed by atoms with Crippen molar-refractivity contribution in [1.29, 1.82) is 0 Å². The summed E-state index contributed by atoms with van der Waals surface area (Å²) in [6.45, 7) is 0. The van der Waals surface area contributed by atoms with E-state index in [-0.39, 0.29) is 41.4 Å². The largest absolute Gasteiger partial charge is 0.448 e. The van der Waals surface area contributed by atoms with E-state index in [1.807, 2.05) is 6.26 Å². The van der Waals surface area contributed by atoms with Gasteiger partial charge < -0.3 is 9.47 Å². The molecule has 52 heavy (non-hydrogen) atoms. The molecular formula is C32H28Cl2F4N6O6S2. The zero-order chi connectivity index (χ0) is 37.6. The smallest absolute Gasteiger partial charge is 0.294 e. The van der Waals surface area contributed by atoms with Gasteiger partial charge in [0, 0.05) is 55.6 Å². The Labute approximate surface area is 307 Å². The molecule has 12 nitrogen and oxygen atoms in total. The van der Waals surface area contributed by atoms with Gasteiger partial charge in [0.15, 0.2) is 39.8 Å². The Hall–Kier alpha value is -4.78. The van der Waals surface area contributed by atoms with Crippen molar-refractivity contribution in [1.82, 2.24) is 29.1 Å². The van der Waals surface area contributed by atoms with Gasteiger partial charge in [0.1, 0.15) is 22.9 Å². The topological polar surface area (TPSA) is 148 Å². The van der Waals surface area contributed by atoms with Crippen LogP contribution in [0, 0.1) is 23.3 Å². The molecule has 0 aliphatic heterocycles. The number of hydrogen-bond donors (Lipinski definition) is 0. The first-order valence-corrected chi connectivity index (χ1v) is 18.1. The highest BCUT2D eigenvalue weighted by Gasteiger charge is 2.17. The number of pyridine rings is 2. The maximum atomic E-state index is 13.7. The molecule has 0 saturated carbocycles. The lowest BCUT2D eigenvalue weighted by molar-refractivity contribution is 0.430. The van der Waals surface area contributed by atoms with Crippen LogP contribution < -0.4 is 20.6 Å². The normalized spacial score (nSPS) is 10.8. The van der Waals surface area contributed by atoms with E-state index in [0.29, 0.717) is 33.7 Å². The quantitative estimate of drug-likeness (QED) is 0.0744. The number of aryl methyl sites for hydroxylation is 2. The number of alkyl halides is 2. The molecule has 0 unspecified atom stereocenters. The molecular weight excluding hydrogens is 775 g/mol. The van der Waals surface area contributed by atoms with Gasteiger partial charge >= 0.3 is 0 Å². The zero-order valence-corrected chi connectivity index (χ0v) is 29.8. The summed E-state index contributed by atoms with van der Waals surface area (Å²) in [5, 5.41) is 1.19. The van der Waals surface area contributed by atoms with Gasteiger partial charge in [-0.25, -0.2) is 40.9 Å². The van der Waals surface area contributed by atoms with Crippen molar-refractivity contribution in [2.45, 2.75) is 17.7 Å². The minimum Gasteiger partial charge on any atom is -0.448 e. The molecule has 20 heteroatoms. The molecule has 6 rings (SSSR count). The van der Waals surface area contributed by atoms with Crippen LogP contribution in [0.1, 0.15) is 7.43 Å². The molecule has 0 fully saturated rings. The van der Waals surface area contributed by atoms with Crippen LogP contribution in [-0.4, -0.2) is 55.3 Å². The molecule has 0 bridgehead atoms. The predicted octanol–water partition coefficient (Wildman–Crippen LogP) is 6.98. The van der Waals surface area contributed by atoms with Gasteiger partial charge in [0.2, 0.25) is 15.0 Å². The number of aromatic nitrogens is 6. The number of nitrogens with zero attached hydrogens (tertiary/aromatic N) is 6. The fourth-order valence-electron chi connectivity index (χ4n) is 4.18. The Balaban J connectivity index is 0.000000257. The molecule has 6 aromatic rings. The summed E-state index contributed by atoms with van der Waals surface area (Å²) in [4.78, 5) is 40.7. The number of halogens is 6. The van der Waals surface area contributed by atoms with Crippen molar-refractivity contribution in [2.75, 3.05) is 17.9 Å². The summed E-state index contributed by atoms with van der Waals surface area (Å²) < 4.78 is 89.2. The van der Waals surface area contributed by atoms with E-state index in [1.54, 1.807) is 6.20 Å². The maximum Gasteiger partial charge on any atom is 0.294 e. The van der Waals surface area contributed by atoms with Crippen molar-refractivity contribution in [3.8, 4) is 23.0 Å². The second kappa shape index (κ2) is 17.6. The minimum absolute atomic E-state index is 0. The second-order valence-electron chi connectivity index (χ2n) is 10.0. The number of hydrogen-bond acceptors (Lipinski definition) is 11. The highest BCUT2D eigenvalue weighted by Crippen LogP contribution is 2.26. The number of rotatable bonds is 6. The molecule has 0 aliphatic carbocycles. The summed E-state index contributed by atoms with van der Waals surface area (Å²) in [6, 6.07) is 8.23. The molecule has 0 atom stereocenters. The fraction of sp³-hybridized carbons (Fsp3) is 0.188. The average molecular weight is 804 g/mol. The molecule has 4 aromatic heterocycles. The molecule has 0 amide bonds. The monoisotopic (exact) mass is 802 g/mol. The number of thioether (sulfide) groups is 1. The van der Waals surface area contributed by atoms with E-state index in [1.165, 1.54) is 48.8 Å². The van der Waals surface area contributed by atoms with Gasteiger partial charge in [-0.3, -0.25) is 18.7 Å². The lowest BCUT2D eigenvalue weighted by Crippen LogP contribution is -2.20. The van der Waals surface area contributed by atoms with Crippen molar-refractivity contribution in [3.63, 3.8) is 0 Å². The molecule has 0 aliphatic rings. The predicted molar refractivity (Wildman–Crippen MR) is 191 cm³/mol. The van der Waals surface area contributed by atoms with Crippen molar-refractivity contribution in [2.24, 2.45) is 14.1 Å². The van der Waals surface area contributed by atoms with Crippen LogP contribution in [0.5, 0.6) is 23.0 Å². The highest BCUT2D eigenvalue weighted by atomic mass is 35.5. The van der Waals surface area contributed by atoms with Gasteiger partial charge in [-0.15, -0.1) is 23.2 Å². The third kappa shape index (κ3) is 9.75. The van der Waals surface area contributed by atoms with Gasteiger partial charge in [0.05, 0.1) is 5.34 Å². The molecule has 2 aromatic carbocycles. The van der Waals surface area contributed by atoms with E-state index < -0.39 is 49.4 Å². The van der Waals surface area contributed by atoms with E-state index in [0.717, 1.165) is 35.1 Å². The van der Waals surface area contributed by atoms with Crippen LogP contribution >= 0.6 is 35.0 Å². The summed E-state index contributed by atoms with van der Waals surface area (Å²) in [5.74, 6) is -4.25. The standard InChI is InChI=1S/C15H11F2N3O4S.C15H11F2N3O2S.CH2Cl2.CH4/c1-20-13-8(7-18-15(19-13)25(2,22)23)5-12(14(20)21)24-11-4-3-9(16)6-10(11)17;1-20-13-8(7-18-15(19-13)23-2)5-12(14(20)21)22-11-4-3-9(16)6-10(11)17;2-1-3;/h3-7H,1-2H3;3-7H,1-2H3;1H2;1H4. The second-order valence-corrected chi connectivity index (χ2v) is 13.5. The third-order valence-corrected chi connectivity index (χ3v) is 7.95. The summed E-state index contributed by atoms with van der Waals surface area (Å²) in [6.07, 6.45) is 5.54. The maximum absolute atomic E-state index is 13.7. The Morgan fingerprint density at radius 3 is 1.56 bits per heavy atom. The van der Waals surface area contributed by atoms with Crippen LogP contribution in [0.3, 0.4) is 0 Å². The highest BCUT2D eigenvalue weighted by molar-refractivity contribution is 7.98. The van der Waals surface area contributed by atoms with Gasteiger partial charge in [-0.2, -0.15) is 4.98 Å². The first kappa shape index (κ1) is 41.6. The Bertz CT molecular complexity index is 2490. The van der Waals surface area contributed by atoms with E-state index >= 15 is 0 Å². The fourth-order valence-corrected chi connectivity index (χ4v) is 5.01. The number of benzene rings is 2. The van der Waals surface area contributed by atoms with Crippen LogP contribution in [0.4, 0.5) is 17.6 Å². The van der Waals surface area contributed by atoms with E-state index in [2.05, 4.69) is 19.9 Å². The lowest BCUT2D eigenvalue weighted by Gasteiger charge is -2.10. The minimum atomic E-state index is -3.65. The Morgan fingerprint density at radius 1 is 0.731 bits per heavy atom. The number of fused-ring (bicyclic) bond motifs is 2. The van der Waals surface area contributed by atoms with Crippen molar-refractivity contribution < 1.29 is 35.5 Å². The van der Waals surface area contributed by atoms with E-state index in [4.69, 9.17) is 32.7 Å². The van der Waals surface area contributed by atoms with E-state index in [9.17, 15) is 35.6 Å². The summed E-state index contributed by atoms with van der Waals surface area (Å²) in [7, 11) is -0.750. The Morgan fingerprint density at radius 2 is 1.15 bits per heavy atom. The van der Waals surface area contributed by atoms with Gasteiger partial charge in [-0.1, -0.05) is 19.2 Å². The third-order valence-electron chi connectivity index (χ3n) is 6.53. The van der Waals surface area contributed by atoms with Crippen molar-refractivity contribution in [3.05, 3.63) is 105 Å². The molecule has 4 heterocycles. The molecule has 0 N–H and O–H groups in total. The van der Waals surface area contributed by atoms with Crippen LogP contribution in [0.15, 0.2) is 80.8 Å². The Kier molecular flexibility index (Phi) is 14.1. The van der Waals surface area contributed by atoms with Crippen molar-refractivity contribution >= 4 is 66.9 Å². The van der Waals surface area contributed by atoms with Gasteiger partial charge in [-0.05, 0) is 42.7 Å².